The van der Waals surface area contributed by atoms with Crippen molar-refractivity contribution in [1.29, 1.82) is 0 Å². The molecule has 0 unspecified atom stereocenters. The molecular formula is C24H30O6Si. The van der Waals surface area contributed by atoms with E-state index in [0.29, 0.717) is 11.1 Å². The molecule has 0 radical (unpaired) electrons. The van der Waals surface area contributed by atoms with Crippen LogP contribution in [0.2, 0.25) is 18.1 Å². The Kier molecular flexibility index (Phi) is 8.30. The van der Waals surface area contributed by atoms with Crippen molar-refractivity contribution in [2.45, 2.75) is 45.0 Å². The summed E-state index contributed by atoms with van der Waals surface area (Å²) in [5.41, 5.74) is 0.653. The lowest BCUT2D eigenvalue weighted by Crippen LogP contribution is -2.44. The van der Waals surface area contributed by atoms with Gasteiger partial charge in [-0.3, -0.25) is 4.79 Å². The highest BCUT2D eigenvalue weighted by Crippen LogP contribution is 2.36. The molecule has 1 atom stereocenters. The van der Waals surface area contributed by atoms with Crippen molar-refractivity contribution in [3.05, 3.63) is 71.8 Å². The summed E-state index contributed by atoms with van der Waals surface area (Å²) >= 11 is 0. The molecule has 6 nitrogen and oxygen atoms in total. The van der Waals surface area contributed by atoms with Crippen LogP contribution in [0.5, 0.6) is 0 Å². The summed E-state index contributed by atoms with van der Waals surface area (Å²) < 4.78 is 16.6. The molecule has 0 heterocycles. The molecule has 0 aromatic heterocycles. The van der Waals surface area contributed by atoms with Crippen molar-refractivity contribution < 1.29 is 28.3 Å². The van der Waals surface area contributed by atoms with E-state index in [-0.39, 0.29) is 18.3 Å². The number of ketones is 1. The fourth-order valence-electron chi connectivity index (χ4n) is 2.33. The van der Waals surface area contributed by atoms with Crippen LogP contribution in [0.3, 0.4) is 0 Å². The molecule has 2 aromatic carbocycles. The Bertz CT molecular complexity index is 887. The summed E-state index contributed by atoms with van der Waals surface area (Å²) in [5, 5.41) is -0.0801. The average Bonchev–Trinajstić information content (AvgIpc) is 2.75. The quantitative estimate of drug-likeness (QED) is 0.415. The third kappa shape index (κ3) is 7.15. The van der Waals surface area contributed by atoms with Crippen LogP contribution < -0.4 is 0 Å². The fraction of sp³-hybridized carbons (Fsp3) is 0.375. The Morgan fingerprint density at radius 1 is 0.839 bits per heavy atom. The van der Waals surface area contributed by atoms with E-state index >= 15 is 0 Å². The summed E-state index contributed by atoms with van der Waals surface area (Å²) in [6.45, 7) is 9.66. The monoisotopic (exact) mass is 442 g/mol. The van der Waals surface area contributed by atoms with Crippen molar-refractivity contribution in [2.24, 2.45) is 0 Å². The summed E-state index contributed by atoms with van der Waals surface area (Å²) in [6.07, 6.45) is -1.26. The lowest BCUT2D eigenvalue weighted by molar-refractivity contribution is -0.132. The zero-order valence-electron chi connectivity index (χ0n) is 18.7. The maximum absolute atomic E-state index is 12.9. The Hall–Kier alpha value is -2.77. The second-order valence-electron chi connectivity index (χ2n) is 8.74. The predicted molar refractivity (Wildman–Crippen MR) is 121 cm³/mol. The molecule has 0 N–H and O–H groups in total. The topological polar surface area (TPSA) is 78.9 Å². The first-order valence-corrected chi connectivity index (χ1v) is 13.1. The van der Waals surface area contributed by atoms with Gasteiger partial charge < -0.3 is 13.9 Å². The number of carbonyl (C=O) groups is 3. The normalized spacial score (nSPS) is 12.7. The van der Waals surface area contributed by atoms with Gasteiger partial charge in [0.15, 0.2) is 14.4 Å². The van der Waals surface area contributed by atoms with Crippen molar-refractivity contribution in [2.75, 3.05) is 13.2 Å². The maximum Gasteiger partial charge on any atom is 0.338 e. The lowest BCUT2D eigenvalue weighted by atomic mass is 10.2. The standard InChI is InChI=1S/C24H30O6Si/c1-24(2,3)31(4,5)29-16-20(25)21(30-23(27)19-14-10-7-11-15-19)17-28-22(26)18-12-8-6-9-13-18/h6-15,21H,16-17H2,1-5H3/t21-/m0/s1. The Balaban J connectivity index is 2.10. The molecule has 0 spiro atoms. The summed E-state index contributed by atoms with van der Waals surface area (Å²) in [6, 6.07) is 16.8. The van der Waals surface area contributed by atoms with Gasteiger partial charge in [-0.05, 0) is 42.4 Å². The van der Waals surface area contributed by atoms with Crippen molar-refractivity contribution in [3.63, 3.8) is 0 Å². The summed E-state index contributed by atoms with van der Waals surface area (Å²) in [4.78, 5) is 37.6. The van der Waals surface area contributed by atoms with E-state index in [1.54, 1.807) is 60.7 Å². The first kappa shape index (κ1) is 24.5. The van der Waals surface area contributed by atoms with Gasteiger partial charge >= 0.3 is 11.9 Å². The van der Waals surface area contributed by atoms with Crippen LogP contribution in [-0.4, -0.2) is 45.4 Å². The van der Waals surface area contributed by atoms with E-state index in [4.69, 9.17) is 13.9 Å². The highest BCUT2D eigenvalue weighted by molar-refractivity contribution is 6.74. The molecule has 0 aliphatic carbocycles. The van der Waals surface area contributed by atoms with E-state index in [1.165, 1.54) is 0 Å². The van der Waals surface area contributed by atoms with Gasteiger partial charge in [0.25, 0.3) is 0 Å². The van der Waals surface area contributed by atoms with E-state index in [2.05, 4.69) is 20.8 Å². The number of benzene rings is 2. The van der Waals surface area contributed by atoms with Gasteiger partial charge in [0.05, 0.1) is 17.7 Å². The maximum atomic E-state index is 12.9. The molecular weight excluding hydrogens is 412 g/mol. The van der Waals surface area contributed by atoms with Gasteiger partial charge in [0.1, 0.15) is 6.61 Å². The van der Waals surface area contributed by atoms with Gasteiger partial charge in [-0.2, -0.15) is 0 Å². The van der Waals surface area contributed by atoms with E-state index < -0.39 is 32.1 Å². The van der Waals surface area contributed by atoms with Crippen molar-refractivity contribution in [1.82, 2.24) is 0 Å². The highest BCUT2D eigenvalue weighted by atomic mass is 28.4. The van der Waals surface area contributed by atoms with E-state index in [0.717, 1.165) is 0 Å². The number of esters is 2. The Morgan fingerprint density at radius 2 is 1.32 bits per heavy atom. The van der Waals surface area contributed by atoms with Crippen LogP contribution in [0.1, 0.15) is 41.5 Å². The average molecular weight is 443 g/mol. The molecule has 31 heavy (non-hydrogen) atoms. The third-order valence-corrected chi connectivity index (χ3v) is 9.85. The predicted octanol–water partition coefficient (Wildman–Crippen LogP) is 4.66. The Morgan fingerprint density at radius 3 is 1.81 bits per heavy atom. The molecule has 2 rings (SSSR count). The number of ether oxygens (including phenoxy) is 2. The number of hydrogen-bond donors (Lipinski definition) is 0. The number of carbonyl (C=O) groups excluding carboxylic acids is 3. The van der Waals surface area contributed by atoms with Crippen LogP contribution in [0.15, 0.2) is 60.7 Å². The number of rotatable bonds is 9. The minimum Gasteiger partial charge on any atom is -0.458 e. The molecule has 0 amide bonds. The molecule has 0 aliphatic heterocycles. The first-order valence-electron chi connectivity index (χ1n) is 10.2. The van der Waals surface area contributed by atoms with Gasteiger partial charge in [-0.25, -0.2) is 9.59 Å². The van der Waals surface area contributed by atoms with E-state index in [1.807, 2.05) is 13.1 Å². The fourth-order valence-corrected chi connectivity index (χ4v) is 3.27. The van der Waals surface area contributed by atoms with Crippen molar-refractivity contribution >= 4 is 26.0 Å². The molecule has 2 aromatic rings. The van der Waals surface area contributed by atoms with Crippen LogP contribution in [0.25, 0.3) is 0 Å². The summed E-state index contributed by atoms with van der Waals surface area (Å²) in [5.74, 6) is -1.71. The van der Waals surface area contributed by atoms with Gasteiger partial charge in [-0.1, -0.05) is 57.2 Å². The molecule has 166 valence electrons. The molecule has 0 aliphatic rings. The minimum absolute atomic E-state index is 0.0801. The lowest BCUT2D eigenvalue weighted by Gasteiger charge is -2.36. The second-order valence-corrected chi connectivity index (χ2v) is 13.5. The van der Waals surface area contributed by atoms with Gasteiger partial charge in [0.2, 0.25) is 5.78 Å². The van der Waals surface area contributed by atoms with Crippen LogP contribution in [0, 0.1) is 0 Å². The van der Waals surface area contributed by atoms with E-state index in [9.17, 15) is 14.4 Å². The summed E-state index contributed by atoms with van der Waals surface area (Å²) in [7, 11) is -2.18. The number of hydrogen-bond acceptors (Lipinski definition) is 6. The smallest absolute Gasteiger partial charge is 0.338 e. The second kappa shape index (κ2) is 10.5. The highest BCUT2D eigenvalue weighted by Gasteiger charge is 2.38. The van der Waals surface area contributed by atoms with Crippen LogP contribution in [0.4, 0.5) is 0 Å². The van der Waals surface area contributed by atoms with Gasteiger partial charge in [0, 0.05) is 0 Å². The molecule has 0 bridgehead atoms. The number of Topliss-reactive ketones (excluding diaryl/α,β-unsaturated/α-hetero) is 1. The molecule has 7 heteroatoms. The first-order chi connectivity index (χ1) is 14.5. The van der Waals surface area contributed by atoms with Crippen LogP contribution in [-0.2, 0) is 18.7 Å². The van der Waals surface area contributed by atoms with Crippen molar-refractivity contribution in [3.8, 4) is 0 Å². The molecule has 0 saturated carbocycles. The SMILES string of the molecule is CC(C)(C)[Si](C)(C)OCC(=O)[C@H](COC(=O)c1ccccc1)OC(=O)c1ccccc1. The molecule has 0 saturated heterocycles. The third-order valence-electron chi connectivity index (χ3n) is 5.37. The Labute approximate surface area is 184 Å². The van der Waals surface area contributed by atoms with Crippen LogP contribution >= 0.6 is 0 Å². The largest absolute Gasteiger partial charge is 0.458 e. The zero-order chi connectivity index (χ0) is 23.1. The zero-order valence-corrected chi connectivity index (χ0v) is 19.7. The van der Waals surface area contributed by atoms with Gasteiger partial charge in [-0.15, -0.1) is 0 Å². The molecule has 0 fully saturated rings. The minimum atomic E-state index is -2.18.